The van der Waals surface area contributed by atoms with Crippen LogP contribution in [0.4, 0.5) is 0 Å². The van der Waals surface area contributed by atoms with Crippen LogP contribution in [0.3, 0.4) is 0 Å². The molecule has 0 aromatic heterocycles. The van der Waals surface area contributed by atoms with E-state index in [0.29, 0.717) is 12.8 Å². The Kier molecular flexibility index (Phi) is 12.6. The summed E-state index contributed by atoms with van der Waals surface area (Å²) >= 11 is 0. The van der Waals surface area contributed by atoms with Crippen LogP contribution in [0.15, 0.2) is 30.3 Å². The fraction of sp³-hybridized carbons (Fsp3) is 0.560. The number of hydrogen-bond donors (Lipinski definition) is 6. The second-order valence-electron chi connectivity index (χ2n) is 9.04. The molecular weight excluding hydrogens is 468 g/mol. The van der Waals surface area contributed by atoms with Gasteiger partial charge in [0, 0.05) is 0 Å². The van der Waals surface area contributed by atoms with Gasteiger partial charge >= 0.3 is 11.9 Å². The van der Waals surface area contributed by atoms with Gasteiger partial charge in [0.2, 0.25) is 17.7 Å². The third kappa shape index (κ3) is 9.65. The van der Waals surface area contributed by atoms with Gasteiger partial charge in [0.15, 0.2) is 0 Å². The average molecular weight is 507 g/mol. The van der Waals surface area contributed by atoms with E-state index in [0.717, 1.165) is 5.56 Å². The molecule has 0 aliphatic heterocycles. The molecule has 1 aromatic carbocycles. The van der Waals surface area contributed by atoms with Gasteiger partial charge in [-0.3, -0.25) is 19.2 Å². The molecule has 200 valence electrons. The Morgan fingerprint density at radius 1 is 0.806 bits per heavy atom. The lowest BCUT2D eigenvalue weighted by Gasteiger charge is -2.29. The first-order valence-electron chi connectivity index (χ1n) is 12.1. The number of amides is 3. The van der Waals surface area contributed by atoms with E-state index in [4.69, 9.17) is 5.73 Å². The van der Waals surface area contributed by atoms with Crippen molar-refractivity contribution in [3.05, 3.63) is 35.9 Å². The third-order valence-electron chi connectivity index (χ3n) is 6.22. The van der Waals surface area contributed by atoms with Crippen LogP contribution in [0, 0.1) is 11.8 Å². The van der Waals surface area contributed by atoms with Crippen molar-refractivity contribution in [1.29, 1.82) is 0 Å². The monoisotopic (exact) mass is 506 g/mol. The van der Waals surface area contributed by atoms with E-state index in [2.05, 4.69) is 16.0 Å². The number of carboxylic acid groups (broad SMARTS) is 2. The molecule has 36 heavy (non-hydrogen) atoms. The topological polar surface area (TPSA) is 188 Å². The third-order valence-corrected chi connectivity index (χ3v) is 6.22. The van der Waals surface area contributed by atoms with Crippen LogP contribution in [0.2, 0.25) is 0 Å². The van der Waals surface area contributed by atoms with Gasteiger partial charge in [-0.05, 0) is 23.8 Å². The first-order chi connectivity index (χ1) is 16.9. The number of carbonyl (C=O) groups excluding carboxylic acids is 3. The molecular formula is C25H38N4O7. The van der Waals surface area contributed by atoms with E-state index < -0.39 is 66.2 Å². The van der Waals surface area contributed by atoms with Crippen LogP contribution >= 0.6 is 0 Å². The summed E-state index contributed by atoms with van der Waals surface area (Å²) in [7, 11) is 0. The zero-order valence-electron chi connectivity index (χ0n) is 21.2. The predicted octanol–water partition coefficient (Wildman–Crippen LogP) is 0.662. The largest absolute Gasteiger partial charge is 0.481 e. The molecule has 0 saturated carbocycles. The Morgan fingerprint density at radius 2 is 1.33 bits per heavy atom. The van der Waals surface area contributed by atoms with E-state index >= 15 is 0 Å². The zero-order chi connectivity index (χ0) is 27.4. The Morgan fingerprint density at radius 3 is 1.83 bits per heavy atom. The highest BCUT2D eigenvalue weighted by atomic mass is 16.4. The van der Waals surface area contributed by atoms with Crippen molar-refractivity contribution in [2.45, 2.75) is 77.5 Å². The maximum Gasteiger partial charge on any atom is 0.326 e. The van der Waals surface area contributed by atoms with Crippen molar-refractivity contribution < 1.29 is 34.2 Å². The molecule has 7 N–H and O–H groups in total. The van der Waals surface area contributed by atoms with Crippen LogP contribution in [-0.2, 0) is 30.4 Å². The normalized spacial score (nSPS) is 15.9. The minimum Gasteiger partial charge on any atom is -0.481 e. The number of benzene rings is 1. The quantitative estimate of drug-likeness (QED) is 0.200. The minimum absolute atomic E-state index is 0.179. The standard InChI is InChI=1S/C25H38N4O7/c1-5-14(3)20(24(34)29-21(25(35)36)15(4)6-2)28-23(33)18(13-19(30)31)27-22(32)17(26)12-16-10-8-7-9-11-16/h7-11,14-15,17-18,20-21H,5-6,12-13,26H2,1-4H3,(H,27,32)(H,28,33)(H,29,34)(H,30,31)(H,35,36). The molecule has 3 amide bonds. The number of nitrogens with two attached hydrogens (primary N) is 1. The molecule has 0 bridgehead atoms. The van der Waals surface area contributed by atoms with Gasteiger partial charge in [0.1, 0.15) is 18.1 Å². The highest BCUT2D eigenvalue weighted by Crippen LogP contribution is 2.13. The first kappa shape index (κ1) is 30.6. The summed E-state index contributed by atoms with van der Waals surface area (Å²) in [4.78, 5) is 61.6. The number of carboxylic acids is 2. The number of nitrogens with one attached hydrogen (secondary N) is 3. The SMILES string of the molecule is CCC(C)C(NC(=O)C(NC(=O)C(CC(=O)O)NC(=O)C(N)Cc1ccccc1)C(C)CC)C(=O)O. The van der Waals surface area contributed by atoms with Crippen LogP contribution in [0.1, 0.15) is 52.5 Å². The van der Waals surface area contributed by atoms with Gasteiger partial charge in [-0.1, -0.05) is 70.9 Å². The second-order valence-corrected chi connectivity index (χ2v) is 9.04. The predicted molar refractivity (Wildman–Crippen MR) is 133 cm³/mol. The summed E-state index contributed by atoms with van der Waals surface area (Å²) < 4.78 is 0. The molecule has 0 fully saturated rings. The highest BCUT2D eigenvalue weighted by Gasteiger charge is 2.34. The Hall–Kier alpha value is -3.47. The van der Waals surface area contributed by atoms with Crippen LogP contribution in [0.25, 0.3) is 0 Å². The van der Waals surface area contributed by atoms with Crippen molar-refractivity contribution >= 4 is 29.7 Å². The van der Waals surface area contributed by atoms with Gasteiger partial charge in [0.05, 0.1) is 12.5 Å². The molecule has 0 heterocycles. The Bertz CT molecular complexity index is 909. The fourth-order valence-corrected chi connectivity index (χ4v) is 3.51. The first-order valence-corrected chi connectivity index (χ1v) is 12.1. The summed E-state index contributed by atoms with van der Waals surface area (Å²) in [6.07, 6.45) is 0.429. The molecule has 0 radical (unpaired) electrons. The summed E-state index contributed by atoms with van der Waals surface area (Å²) in [5.74, 6) is -5.59. The van der Waals surface area contributed by atoms with Crippen molar-refractivity contribution in [3.63, 3.8) is 0 Å². The van der Waals surface area contributed by atoms with E-state index in [1.807, 2.05) is 6.07 Å². The van der Waals surface area contributed by atoms with Gasteiger partial charge in [0.25, 0.3) is 0 Å². The lowest BCUT2D eigenvalue weighted by Crippen LogP contribution is -2.59. The van der Waals surface area contributed by atoms with E-state index in [-0.39, 0.29) is 12.3 Å². The maximum atomic E-state index is 13.0. The highest BCUT2D eigenvalue weighted by molar-refractivity contribution is 5.95. The molecule has 0 aliphatic rings. The average Bonchev–Trinajstić information content (AvgIpc) is 2.84. The van der Waals surface area contributed by atoms with Gasteiger partial charge < -0.3 is 31.9 Å². The second kappa shape index (κ2) is 14.8. The summed E-state index contributed by atoms with van der Waals surface area (Å²) in [6.45, 7) is 6.97. The Labute approximate surface area is 211 Å². The van der Waals surface area contributed by atoms with E-state index in [1.54, 1.807) is 52.0 Å². The van der Waals surface area contributed by atoms with Crippen LogP contribution in [0.5, 0.6) is 0 Å². The van der Waals surface area contributed by atoms with Crippen LogP contribution in [-0.4, -0.2) is 64.0 Å². The van der Waals surface area contributed by atoms with Crippen molar-refractivity contribution in [1.82, 2.24) is 16.0 Å². The zero-order valence-corrected chi connectivity index (χ0v) is 21.2. The maximum absolute atomic E-state index is 13.0. The van der Waals surface area contributed by atoms with Crippen molar-refractivity contribution in [3.8, 4) is 0 Å². The number of carbonyl (C=O) groups is 5. The lowest BCUT2D eigenvalue weighted by atomic mass is 9.95. The molecule has 0 spiro atoms. The van der Waals surface area contributed by atoms with Crippen molar-refractivity contribution in [2.75, 3.05) is 0 Å². The minimum atomic E-state index is -1.49. The number of aliphatic carboxylic acids is 2. The molecule has 1 rings (SSSR count). The van der Waals surface area contributed by atoms with E-state index in [1.165, 1.54) is 0 Å². The molecule has 11 nitrogen and oxygen atoms in total. The summed E-state index contributed by atoms with van der Waals surface area (Å²) in [5.41, 5.74) is 6.76. The lowest BCUT2D eigenvalue weighted by molar-refractivity contribution is -0.144. The van der Waals surface area contributed by atoms with Crippen molar-refractivity contribution in [2.24, 2.45) is 17.6 Å². The molecule has 11 heteroatoms. The molecule has 6 atom stereocenters. The fourth-order valence-electron chi connectivity index (χ4n) is 3.51. The molecule has 0 aliphatic carbocycles. The Balaban J connectivity index is 3.01. The molecule has 0 saturated heterocycles. The smallest absolute Gasteiger partial charge is 0.326 e. The summed E-state index contributed by atoms with van der Waals surface area (Å²) in [6, 6.07) is 4.15. The van der Waals surface area contributed by atoms with Gasteiger partial charge in [-0.15, -0.1) is 0 Å². The summed E-state index contributed by atoms with van der Waals surface area (Å²) in [5, 5.41) is 26.1. The molecule has 6 unspecified atom stereocenters. The number of rotatable bonds is 15. The van der Waals surface area contributed by atoms with E-state index in [9.17, 15) is 34.2 Å². The van der Waals surface area contributed by atoms with Crippen LogP contribution < -0.4 is 21.7 Å². The molecule has 1 aromatic rings. The number of hydrogen-bond acceptors (Lipinski definition) is 6. The van der Waals surface area contributed by atoms with Gasteiger partial charge in [-0.2, -0.15) is 0 Å². The van der Waals surface area contributed by atoms with Gasteiger partial charge in [-0.25, -0.2) is 4.79 Å².